The van der Waals surface area contributed by atoms with Crippen LogP contribution in [0.3, 0.4) is 0 Å². The molecular formula is C14H14FeO-6. The van der Waals surface area contributed by atoms with Crippen molar-refractivity contribution in [3.8, 4) is 0 Å². The van der Waals surface area contributed by atoms with Gasteiger partial charge in [0.2, 0.25) is 0 Å². The largest absolute Gasteiger partial charge is 0.748 e. The van der Waals surface area contributed by atoms with Gasteiger partial charge in [-0.1, -0.05) is 18.1 Å². The van der Waals surface area contributed by atoms with Crippen LogP contribution in [0.1, 0.15) is 17.3 Å². The van der Waals surface area contributed by atoms with E-state index >= 15 is 0 Å². The first-order chi connectivity index (χ1) is 7.22. The van der Waals surface area contributed by atoms with Crippen molar-refractivity contribution in [1.29, 1.82) is 0 Å². The molecule has 0 saturated carbocycles. The monoisotopic (exact) mass is 254 g/mol. The zero-order valence-corrected chi connectivity index (χ0v) is 10.3. The molecule has 2 heteroatoms. The van der Waals surface area contributed by atoms with E-state index in [1.54, 1.807) is 19.1 Å². The SMILES string of the molecule is C=C(C)C(=O)[c-]1cccc1.[Fe].[cH-]1[cH-][cH-][cH-][cH-]1. The molecule has 0 aliphatic rings. The summed E-state index contributed by atoms with van der Waals surface area (Å²) >= 11 is 0. The van der Waals surface area contributed by atoms with Gasteiger partial charge in [0, 0.05) is 17.1 Å². The van der Waals surface area contributed by atoms with Crippen LogP contribution in [0.25, 0.3) is 0 Å². The summed E-state index contributed by atoms with van der Waals surface area (Å²) in [7, 11) is 0. The number of rotatable bonds is 2. The molecule has 2 aromatic rings. The van der Waals surface area contributed by atoms with Gasteiger partial charge in [-0.05, 0) is 0 Å². The molecule has 0 heterocycles. The molecule has 0 amide bonds. The van der Waals surface area contributed by atoms with E-state index < -0.39 is 0 Å². The van der Waals surface area contributed by atoms with E-state index in [9.17, 15) is 4.79 Å². The Morgan fingerprint density at radius 2 is 1.44 bits per heavy atom. The zero-order valence-electron chi connectivity index (χ0n) is 9.17. The second kappa shape index (κ2) is 7.86. The van der Waals surface area contributed by atoms with E-state index in [1.165, 1.54) is 0 Å². The van der Waals surface area contributed by atoms with Crippen LogP contribution in [-0.4, -0.2) is 5.78 Å². The van der Waals surface area contributed by atoms with E-state index in [2.05, 4.69) is 6.58 Å². The molecule has 90 valence electrons. The summed E-state index contributed by atoms with van der Waals surface area (Å²) < 4.78 is 0. The first-order valence-corrected chi connectivity index (χ1v) is 4.80. The van der Waals surface area contributed by atoms with E-state index in [1.807, 2.05) is 42.5 Å². The first-order valence-electron chi connectivity index (χ1n) is 4.80. The number of ketones is 1. The molecule has 0 saturated heterocycles. The van der Waals surface area contributed by atoms with Gasteiger partial charge in [-0.15, -0.1) is 18.7 Å². The maximum Gasteiger partial charge on any atom is 0.107 e. The van der Waals surface area contributed by atoms with Crippen LogP contribution < -0.4 is 0 Å². The number of carbonyl (C=O) groups excluding carboxylic acids is 1. The van der Waals surface area contributed by atoms with Crippen molar-refractivity contribution < 1.29 is 21.9 Å². The molecule has 0 atom stereocenters. The number of hydrogen-bond acceptors (Lipinski definition) is 1. The molecule has 0 N–H and O–H groups in total. The summed E-state index contributed by atoms with van der Waals surface area (Å²) in [5.74, 6) is 0.0324. The maximum absolute atomic E-state index is 11.1. The van der Waals surface area contributed by atoms with Crippen LogP contribution in [0.5, 0.6) is 0 Å². The molecule has 0 radical (unpaired) electrons. The van der Waals surface area contributed by atoms with E-state index in [0.717, 1.165) is 5.56 Å². The van der Waals surface area contributed by atoms with Crippen molar-refractivity contribution in [3.63, 3.8) is 0 Å². The Bertz CT molecular complexity index is 379. The second-order valence-electron chi connectivity index (χ2n) is 3.25. The molecular weight excluding hydrogens is 240 g/mol. The van der Waals surface area contributed by atoms with E-state index in [4.69, 9.17) is 0 Å². The van der Waals surface area contributed by atoms with Crippen LogP contribution in [0.2, 0.25) is 0 Å². The van der Waals surface area contributed by atoms with Crippen LogP contribution >= 0.6 is 0 Å². The van der Waals surface area contributed by atoms with E-state index in [-0.39, 0.29) is 22.9 Å². The third-order valence-corrected chi connectivity index (χ3v) is 1.87. The minimum absolute atomic E-state index is 0. The smallest absolute Gasteiger partial charge is 0.107 e. The summed E-state index contributed by atoms with van der Waals surface area (Å²) in [6, 6.07) is 17.3. The van der Waals surface area contributed by atoms with Gasteiger partial charge < -0.3 is 35.1 Å². The predicted molar refractivity (Wildman–Crippen MR) is 63.2 cm³/mol. The fraction of sp³-hybridized carbons (Fsp3) is 0.0714. The maximum atomic E-state index is 11.1. The Kier molecular flexibility index (Phi) is 7.19. The van der Waals surface area contributed by atoms with Crippen molar-refractivity contribution in [2.75, 3.05) is 0 Å². The summed E-state index contributed by atoms with van der Waals surface area (Å²) in [5.41, 5.74) is 1.32. The normalized spacial score (nSPS) is 8.31. The Morgan fingerprint density at radius 3 is 1.75 bits per heavy atom. The average Bonchev–Trinajstić information content (AvgIpc) is 2.92. The quantitative estimate of drug-likeness (QED) is 0.346. The van der Waals surface area contributed by atoms with Crippen LogP contribution in [0.15, 0.2) is 66.7 Å². The van der Waals surface area contributed by atoms with Gasteiger partial charge >= 0.3 is 0 Å². The molecule has 2 aromatic carbocycles. The van der Waals surface area contributed by atoms with Crippen molar-refractivity contribution in [2.24, 2.45) is 0 Å². The van der Waals surface area contributed by atoms with Crippen molar-refractivity contribution in [1.82, 2.24) is 0 Å². The molecule has 0 aliphatic heterocycles. The summed E-state index contributed by atoms with van der Waals surface area (Å²) in [4.78, 5) is 11.1. The molecule has 0 bridgehead atoms. The second-order valence-corrected chi connectivity index (χ2v) is 3.25. The molecule has 16 heavy (non-hydrogen) atoms. The molecule has 2 rings (SSSR count). The summed E-state index contributed by atoms with van der Waals surface area (Å²) in [5, 5.41) is 0. The third kappa shape index (κ3) is 4.92. The van der Waals surface area contributed by atoms with Gasteiger partial charge in [0.15, 0.2) is 0 Å². The average molecular weight is 254 g/mol. The topological polar surface area (TPSA) is 17.1 Å². The molecule has 0 spiro atoms. The first kappa shape index (κ1) is 14.6. The van der Waals surface area contributed by atoms with Crippen LogP contribution in [0.4, 0.5) is 0 Å². The van der Waals surface area contributed by atoms with Gasteiger partial charge in [0.05, 0.1) is 0 Å². The van der Waals surface area contributed by atoms with Gasteiger partial charge in [0.1, 0.15) is 5.78 Å². The molecule has 0 unspecified atom stereocenters. The molecule has 0 aromatic heterocycles. The number of carbonyl (C=O) groups is 1. The third-order valence-electron chi connectivity index (χ3n) is 1.87. The van der Waals surface area contributed by atoms with Gasteiger partial charge in [-0.25, -0.2) is 0 Å². The minimum atomic E-state index is 0. The van der Waals surface area contributed by atoms with Crippen molar-refractivity contribution >= 4 is 5.78 Å². The van der Waals surface area contributed by atoms with Crippen molar-refractivity contribution in [2.45, 2.75) is 6.92 Å². The summed E-state index contributed by atoms with van der Waals surface area (Å²) in [6.45, 7) is 5.28. The van der Waals surface area contributed by atoms with E-state index in [0.29, 0.717) is 5.57 Å². The minimum Gasteiger partial charge on any atom is -0.748 e. The van der Waals surface area contributed by atoms with Crippen LogP contribution in [-0.2, 0) is 17.1 Å². The van der Waals surface area contributed by atoms with Gasteiger partial charge in [0.25, 0.3) is 0 Å². The molecule has 0 fully saturated rings. The molecule has 1 nitrogen and oxygen atoms in total. The van der Waals surface area contributed by atoms with Gasteiger partial charge in [-0.2, -0.15) is 12.1 Å². The zero-order chi connectivity index (χ0) is 11.1. The Labute approximate surface area is 107 Å². The standard InChI is InChI=1S/C9H9O.C5H5.Fe/c1-7(2)9(10)8-5-3-4-6-8;1-2-4-5-3-1;/h3-6H,1H2,2H3;1-5H;/q-1;-5;. The van der Waals surface area contributed by atoms with Gasteiger partial charge in [-0.3, -0.25) is 0 Å². The fourth-order valence-electron chi connectivity index (χ4n) is 1.09. The predicted octanol–water partition coefficient (Wildman–Crippen LogP) is 3.57. The number of hydrogen-bond donors (Lipinski definition) is 0. The van der Waals surface area contributed by atoms with Crippen molar-refractivity contribution in [3.05, 3.63) is 72.3 Å². The Morgan fingerprint density at radius 1 is 1.06 bits per heavy atom. The fourth-order valence-corrected chi connectivity index (χ4v) is 1.09. The summed E-state index contributed by atoms with van der Waals surface area (Å²) in [6.07, 6.45) is 0. The Balaban J connectivity index is 0.000000318. The number of allylic oxidation sites excluding steroid dienone is 1. The Hall–Kier alpha value is -1.37. The molecule has 0 aliphatic carbocycles. The van der Waals surface area contributed by atoms with Crippen LogP contribution in [0, 0.1) is 0 Å². The number of Topliss-reactive ketones (excluding diaryl/α,β-unsaturated/α-hetero) is 1.